The Morgan fingerprint density at radius 3 is 2.40 bits per heavy atom. The molecule has 3 fully saturated rings. The number of nitrogens with one attached hydrogen (secondary N) is 1. The number of ether oxygens (including phenoxy) is 1. The second-order valence-electron chi connectivity index (χ2n) is 7.64. The lowest BCUT2D eigenvalue weighted by Crippen LogP contribution is -2.52. The van der Waals surface area contributed by atoms with Gasteiger partial charge in [-0.25, -0.2) is 0 Å². The van der Waals surface area contributed by atoms with E-state index in [-0.39, 0.29) is 0 Å². The van der Waals surface area contributed by atoms with Crippen LogP contribution < -0.4 is 5.32 Å². The van der Waals surface area contributed by atoms with Crippen molar-refractivity contribution in [2.75, 3.05) is 13.7 Å². The molecule has 0 aromatic heterocycles. The topological polar surface area (TPSA) is 21.3 Å². The predicted octanol–water partition coefficient (Wildman–Crippen LogP) is 4.14. The molecule has 20 heavy (non-hydrogen) atoms. The maximum Gasteiger partial charge on any atom is 0.0685 e. The molecular weight excluding hydrogens is 246 g/mol. The standard InChI is InChI=1S/C18H33NO/c1-3-14-5-7-15(8-6-14)17(19-2)16-9-12-20-18(13-16)10-4-11-18/h14-17,19H,3-13H2,1-2H3. The van der Waals surface area contributed by atoms with Crippen molar-refractivity contribution in [2.24, 2.45) is 17.8 Å². The number of hydrogen-bond donors (Lipinski definition) is 1. The van der Waals surface area contributed by atoms with Crippen LogP contribution in [0.4, 0.5) is 0 Å². The summed E-state index contributed by atoms with van der Waals surface area (Å²) < 4.78 is 6.12. The van der Waals surface area contributed by atoms with E-state index in [0.29, 0.717) is 5.60 Å². The third-order valence-electron chi connectivity index (χ3n) is 6.61. The molecule has 2 saturated carbocycles. The second kappa shape index (κ2) is 6.36. The molecule has 3 rings (SSSR count). The van der Waals surface area contributed by atoms with Gasteiger partial charge in [0.25, 0.3) is 0 Å². The Bertz CT molecular complexity index is 305. The van der Waals surface area contributed by atoms with Gasteiger partial charge in [-0.15, -0.1) is 0 Å². The van der Waals surface area contributed by atoms with E-state index in [4.69, 9.17) is 4.74 Å². The SMILES string of the molecule is CCC1CCC(C(NC)C2CCOC3(CCC3)C2)CC1. The van der Waals surface area contributed by atoms with Crippen LogP contribution in [0.2, 0.25) is 0 Å². The van der Waals surface area contributed by atoms with Gasteiger partial charge in [0.15, 0.2) is 0 Å². The van der Waals surface area contributed by atoms with Gasteiger partial charge in [-0.05, 0) is 69.7 Å². The molecule has 2 aliphatic carbocycles. The van der Waals surface area contributed by atoms with Crippen molar-refractivity contribution in [2.45, 2.75) is 82.8 Å². The van der Waals surface area contributed by atoms with Crippen LogP contribution in [0, 0.1) is 17.8 Å². The minimum atomic E-state index is 0.304. The minimum Gasteiger partial charge on any atom is -0.375 e. The minimum absolute atomic E-state index is 0.304. The van der Waals surface area contributed by atoms with Crippen LogP contribution in [-0.4, -0.2) is 25.3 Å². The highest BCUT2D eigenvalue weighted by Gasteiger charge is 2.45. The monoisotopic (exact) mass is 279 g/mol. The Morgan fingerprint density at radius 1 is 1.10 bits per heavy atom. The fourth-order valence-electron chi connectivity index (χ4n) is 5.10. The van der Waals surface area contributed by atoms with E-state index in [1.807, 2.05) is 0 Å². The summed E-state index contributed by atoms with van der Waals surface area (Å²) in [4.78, 5) is 0. The quantitative estimate of drug-likeness (QED) is 0.835. The molecular formula is C18H33NO. The first-order chi connectivity index (χ1) is 9.76. The van der Waals surface area contributed by atoms with E-state index < -0.39 is 0 Å². The van der Waals surface area contributed by atoms with Crippen LogP contribution in [-0.2, 0) is 4.74 Å². The van der Waals surface area contributed by atoms with Crippen LogP contribution in [0.15, 0.2) is 0 Å². The van der Waals surface area contributed by atoms with E-state index in [0.717, 1.165) is 30.4 Å². The van der Waals surface area contributed by atoms with Crippen molar-refractivity contribution in [3.05, 3.63) is 0 Å². The van der Waals surface area contributed by atoms with Crippen LogP contribution >= 0.6 is 0 Å². The molecule has 116 valence electrons. The first-order valence-corrected chi connectivity index (χ1v) is 9.07. The highest BCUT2D eigenvalue weighted by atomic mass is 16.5. The first-order valence-electron chi connectivity index (χ1n) is 9.07. The zero-order chi connectivity index (χ0) is 14.0. The van der Waals surface area contributed by atoms with Crippen LogP contribution in [0.3, 0.4) is 0 Å². The maximum absolute atomic E-state index is 6.12. The summed E-state index contributed by atoms with van der Waals surface area (Å²) in [6.45, 7) is 3.37. The molecule has 0 radical (unpaired) electrons. The zero-order valence-corrected chi connectivity index (χ0v) is 13.5. The molecule has 0 bridgehead atoms. The van der Waals surface area contributed by atoms with E-state index in [9.17, 15) is 0 Å². The molecule has 3 aliphatic rings. The lowest BCUT2D eigenvalue weighted by atomic mass is 9.66. The normalized spacial score (nSPS) is 38.4. The van der Waals surface area contributed by atoms with Crippen molar-refractivity contribution >= 4 is 0 Å². The van der Waals surface area contributed by atoms with Crippen LogP contribution in [0.1, 0.15) is 71.1 Å². The highest BCUT2D eigenvalue weighted by molar-refractivity contribution is 4.98. The summed E-state index contributed by atoms with van der Waals surface area (Å²) in [5.74, 6) is 2.79. The number of hydrogen-bond acceptors (Lipinski definition) is 2. The predicted molar refractivity (Wildman–Crippen MR) is 83.8 cm³/mol. The first kappa shape index (κ1) is 14.8. The fraction of sp³-hybridized carbons (Fsp3) is 1.00. The summed E-state index contributed by atoms with van der Waals surface area (Å²) in [6, 6.07) is 0.745. The van der Waals surface area contributed by atoms with E-state index in [1.165, 1.54) is 64.2 Å². The summed E-state index contributed by atoms with van der Waals surface area (Å²) in [6.07, 6.45) is 13.9. The van der Waals surface area contributed by atoms with Crippen molar-refractivity contribution in [1.82, 2.24) is 5.32 Å². The Labute approximate surface area is 125 Å². The average molecular weight is 279 g/mol. The summed E-state index contributed by atoms with van der Waals surface area (Å²) in [7, 11) is 2.19. The average Bonchev–Trinajstić information content (AvgIpc) is 2.47. The lowest BCUT2D eigenvalue weighted by Gasteiger charge is -2.50. The molecule has 0 aromatic carbocycles. The number of rotatable bonds is 4. The van der Waals surface area contributed by atoms with Gasteiger partial charge >= 0.3 is 0 Å². The lowest BCUT2D eigenvalue weighted by molar-refractivity contribution is -0.149. The second-order valence-corrected chi connectivity index (χ2v) is 7.64. The van der Waals surface area contributed by atoms with Gasteiger partial charge < -0.3 is 10.1 Å². The molecule has 1 aliphatic heterocycles. The molecule has 1 N–H and O–H groups in total. The summed E-state index contributed by atoms with van der Waals surface area (Å²) in [5, 5.41) is 3.70. The third-order valence-corrected chi connectivity index (χ3v) is 6.61. The van der Waals surface area contributed by atoms with Gasteiger partial charge in [0.1, 0.15) is 0 Å². The third kappa shape index (κ3) is 2.92. The van der Waals surface area contributed by atoms with Gasteiger partial charge in [-0.3, -0.25) is 0 Å². The largest absolute Gasteiger partial charge is 0.375 e. The van der Waals surface area contributed by atoms with Gasteiger partial charge in [0.2, 0.25) is 0 Å². The van der Waals surface area contributed by atoms with Crippen LogP contribution in [0.25, 0.3) is 0 Å². The molecule has 1 spiro atoms. The Hall–Kier alpha value is -0.0800. The highest BCUT2D eigenvalue weighted by Crippen LogP contribution is 2.46. The molecule has 1 saturated heterocycles. The van der Waals surface area contributed by atoms with E-state index in [2.05, 4.69) is 19.3 Å². The van der Waals surface area contributed by atoms with Gasteiger partial charge in [0.05, 0.1) is 5.60 Å². The van der Waals surface area contributed by atoms with Crippen molar-refractivity contribution in [1.29, 1.82) is 0 Å². The van der Waals surface area contributed by atoms with Crippen LogP contribution in [0.5, 0.6) is 0 Å². The van der Waals surface area contributed by atoms with Gasteiger partial charge in [0, 0.05) is 12.6 Å². The summed E-state index contributed by atoms with van der Waals surface area (Å²) >= 11 is 0. The molecule has 0 amide bonds. The van der Waals surface area contributed by atoms with Gasteiger partial charge in [-0.2, -0.15) is 0 Å². The van der Waals surface area contributed by atoms with Gasteiger partial charge in [-0.1, -0.05) is 26.2 Å². The Kier molecular flexibility index (Phi) is 4.72. The molecule has 0 aromatic rings. The molecule has 2 atom stereocenters. The zero-order valence-electron chi connectivity index (χ0n) is 13.5. The smallest absolute Gasteiger partial charge is 0.0685 e. The van der Waals surface area contributed by atoms with E-state index in [1.54, 1.807) is 0 Å². The van der Waals surface area contributed by atoms with Crippen molar-refractivity contribution in [3.63, 3.8) is 0 Å². The maximum atomic E-state index is 6.12. The molecule has 2 heteroatoms. The Balaban J connectivity index is 1.58. The summed E-state index contributed by atoms with van der Waals surface area (Å²) in [5.41, 5.74) is 0.304. The Morgan fingerprint density at radius 2 is 1.85 bits per heavy atom. The molecule has 2 unspecified atom stereocenters. The molecule has 1 heterocycles. The molecule has 2 nitrogen and oxygen atoms in total. The van der Waals surface area contributed by atoms with Crippen molar-refractivity contribution in [3.8, 4) is 0 Å². The fourth-order valence-corrected chi connectivity index (χ4v) is 5.10. The van der Waals surface area contributed by atoms with E-state index >= 15 is 0 Å². The van der Waals surface area contributed by atoms with Crippen molar-refractivity contribution < 1.29 is 4.74 Å².